The summed E-state index contributed by atoms with van der Waals surface area (Å²) in [6, 6.07) is 4.19. The molecule has 0 aromatic carbocycles. The average Bonchev–Trinajstić information content (AvgIpc) is 2.92. The fourth-order valence-electron chi connectivity index (χ4n) is 2.91. The highest BCUT2D eigenvalue weighted by Gasteiger charge is 2.34. The standard InChI is InChI=1S/C14H15N3/c1-9-11(5-15)4-12(7-17-9)13-3-2-10-6-16-8-14(10)13/h3-4,7,10,14,16H,2,6,8H2,1H3/t10-,14+/m1/s1. The van der Waals surface area contributed by atoms with Gasteiger partial charge in [0, 0.05) is 18.7 Å². The van der Waals surface area contributed by atoms with E-state index in [4.69, 9.17) is 5.26 Å². The van der Waals surface area contributed by atoms with Gasteiger partial charge in [-0.05, 0) is 43.0 Å². The van der Waals surface area contributed by atoms with E-state index in [1.165, 1.54) is 5.57 Å². The topological polar surface area (TPSA) is 48.7 Å². The molecule has 1 aliphatic carbocycles. The number of nitriles is 1. The zero-order valence-electron chi connectivity index (χ0n) is 9.90. The zero-order chi connectivity index (χ0) is 11.8. The van der Waals surface area contributed by atoms with Gasteiger partial charge in [0.1, 0.15) is 6.07 Å². The van der Waals surface area contributed by atoms with Crippen molar-refractivity contribution in [2.45, 2.75) is 13.3 Å². The van der Waals surface area contributed by atoms with Crippen molar-refractivity contribution in [2.24, 2.45) is 11.8 Å². The van der Waals surface area contributed by atoms with Crippen molar-refractivity contribution in [2.75, 3.05) is 13.1 Å². The number of nitrogens with zero attached hydrogens (tertiary/aromatic N) is 2. The lowest BCUT2D eigenvalue weighted by Crippen LogP contribution is -2.10. The maximum atomic E-state index is 9.05. The highest BCUT2D eigenvalue weighted by molar-refractivity contribution is 5.71. The van der Waals surface area contributed by atoms with Crippen LogP contribution in [0.3, 0.4) is 0 Å². The molecule has 2 atom stereocenters. The van der Waals surface area contributed by atoms with E-state index in [9.17, 15) is 0 Å². The molecule has 0 saturated carbocycles. The van der Waals surface area contributed by atoms with Crippen molar-refractivity contribution in [1.29, 1.82) is 5.26 Å². The first-order valence-corrected chi connectivity index (χ1v) is 6.07. The fourth-order valence-corrected chi connectivity index (χ4v) is 2.91. The fraction of sp³-hybridized carbons (Fsp3) is 0.429. The van der Waals surface area contributed by atoms with E-state index in [0.29, 0.717) is 11.5 Å². The maximum absolute atomic E-state index is 9.05. The van der Waals surface area contributed by atoms with Crippen molar-refractivity contribution >= 4 is 5.57 Å². The molecule has 0 radical (unpaired) electrons. The normalized spacial score (nSPS) is 26.5. The first-order valence-electron chi connectivity index (χ1n) is 6.07. The molecule has 2 heterocycles. The number of fused-ring (bicyclic) bond motifs is 1. The Morgan fingerprint density at radius 3 is 3.18 bits per heavy atom. The second kappa shape index (κ2) is 3.97. The summed E-state index contributed by atoms with van der Waals surface area (Å²) in [6.45, 7) is 4.06. The Morgan fingerprint density at radius 1 is 1.47 bits per heavy atom. The van der Waals surface area contributed by atoms with Crippen molar-refractivity contribution in [3.05, 3.63) is 35.2 Å². The van der Waals surface area contributed by atoms with Crippen molar-refractivity contribution < 1.29 is 0 Å². The summed E-state index contributed by atoms with van der Waals surface area (Å²) in [5.74, 6) is 1.36. The second-order valence-electron chi connectivity index (χ2n) is 4.89. The number of allylic oxidation sites excluding steroid dienone is 1. The molecule has 3 nitrogen and oxygen atoms in total. The van der Waals surface area contributed by atoms with Crippen LogP contribution in [0.1, 0.15) is 23.2 Å². The SMILES string of the molecule is Cc1ncc(C2=CC[C@@H]3CNC[C@H]23)cc1C#N. The molecule has 3 heteroatoms. The van der Waals surface area contributed by atoms with Gasteiger partial charge < -0.3 is 5.32 Å². The third-order valence-corrected chi connectivity index (χ3v) is 3.92. The van der Waals surface area contributed by atoms with Crippen LogP contribution in [0.5, 0.6) is 0 Å². The Morgan fingerprint density at radius 2 is 2.35 bits per heavy atom. The van der Waals surface area contributed by atoms with E-state index in [1.54, 1.807) is 0 Å². The lowest BCUT2D eigenvalue weighted by Gasteiger charge is -2.13. The number of aromatic nitrogens is 1. The summed E-state index contributed by atoms with van der Waals surface area (Å²) < 4.78 is 0. The average molecular weight is 225 g/mol. The number of nitrogens with one attached hydrogen (secondary N) is 1. The number of rotatable bonds is 1. The largest absolute Gasteiger partial charge is 0.316 e. The second-order valence-corrected chi connectivity index (χ2v) is 4.89. The monoisotopic (exact) mass is 225 g/mol. The molecule has 1 saturated heterocycles. The van der Waals surface area contributed by atoms with Crippen LogP contribution in [0.4, 0.5) is 0 Å². The first-order chi connectivity index (χ1) is 8.29. The molecule has 0 amide bonds. The molecule has 0 bridgehead atoms. The van der Waals surface area contributed by atoms with Crippen LogP contribution in [0.25, 0.3) is 5.57 Å². The van der Waals surface area contributed by atoms with Gasteiger partial charge in [0.2, 0.25) is 0 Å². The van der Waals surface area contributed by atoms with Gasteiger partial charge in [-0.2, -0.15) is 5.26 Å². The number of hydrogen-bond donors (Lipinski definition) is 1. The zero-order valence-corrected chi connectivity index (χ0v) is 9.90. The molecule has 17 heavy (non-hydrogen) atoms. The minimum atomic E-state index is 0.617. The molecule has 1 aromatic heterocycles. The van der Waals surface area contributed by atoms with Gasteiger partial charge in [-0.25, -0.2) is 0 Å². The van der Waals surface area contributed by atoms with Crippen LogP contribution < -0.4 is 5.32 Å². The summed E-state index contributed by atoms with van der Waals surface area (Å²) in [6.07, 6.45) is 5.38. The van der Waals surface area contributed by atoms with Gasteiger partial charge in [0.15, 0.2) is 0 Å². The van der Waals surface area contributed by atoms with E-state index in [-0.39, 0.29) is 0 Å². The molecule has 0 spiro atoms. The highest BCUT2D eigenvalue weighted by Crippen LogP contribution is 2.40. The molecule has 2 aliphatic rings. The molecule has 1 aliphatic heterocycles. The van der Waals surface area contributed by atoms with E-state index in [0.717, 1.165) is 36.7 Å². The van der Waals surface area contributed by atoms with Crippen molar-refractivity contribution in [3.8, 4) is 6.07 Å². The van der Waals surface area contributed by atoms with E-state index in [2.05, 4.69) is 22.4 Å². The Balaban J connectivity index is 1.98. The molecular formula is C14H15N3. The Labute approximate surface area is 101 Å². The Kier molecular flexibility index (Phi) is 2.45. The van der Waals surface area contributed by atoms with Crippen LogP contribution in [0.2, 0.25) is 0 Å². The summed E-state index contributed by atoms with van der Waals surface area (Å²) >= 11 is 0. The lowest BCUT2D eigenvalue weighted by atomic mass is 9.91. The van der Waals surface area contributed by atoms with Gasteiger partial charge in [-0.15, -0.1) is 0 Å². The van der Waals surface area contributed by atoms with Gasteiger partial charge >= 0.3 is 0 Å². The molecule has 1 aromatic rings. The van der Waals surface area contributed by atoms with Crippen LogP contribution in [0.15, 0.2) is 18.3 Å². The quantitative estimate of drug-likeness (QED) is 0.794. The molecule has 3 rings (SSSR count). The smallest absolute Gasteiger partial charge is 0.101 e. The Hall–Kier alpha value is -1.66. The maximum Gasteiger partial charge on any atom is 0.101 e. The van der Waals surface area contributed by atoms with Crippen molar-refractivity contribution in [1.82, 2.24) is 10.3 Å². The number of hydrogen-bond acceptors (Lipinski definition) is 3. The lowest BCUT2D eigenvalue weighted by molar-refractivity contribution is 0.542. The predicted molar refractivity (Wildman–Crippen MR) is 66.1 cm³/mol. The Bertz CT molecular complexity index is 525. The van der Waals surface area contributed by atoms with Gasteiger partial charge in [-0.1, -0.05) is 6.08 Å². The van der Waals surface area contributed by atoms with E-state index in [1.807, 2.05) is 19.2 Å². The van der Waals surface area contributed by atoms with Crippen LogP contribution in [-0.4, -0.2) is 18.1 Å². The summed E-state index contributed by atoms with van der Waals surface area (Å²) in [4.78, 5) is 4.32. The van der Waals surface area contributed by atoms with Gasteiger partial charge in [0.05, 0.1) is 11.3 Å². The number of pyridine rings is 1. The summed E-state index contributed by atoms with van der Waals surface area (Å²) in [5.41, 5.74) is 4.01. The van der Waals surface area contributed by atoms with Gasteiger partial charge in [-0.3, -0.25) is 4.98 Å². The minimum absolute atomic E-state index is 0.617. The summed E-state index contributed by atoms with van der Waals surface area (Å²) in [5, 5.41) is 12.5. The molecule has 1 N–H and O–H groups in total. The molecule has 0 unspecified atom stereocenters. The highest BCUT2D eigenvalue weighted by atomic mass is 14.9. The van der Waals surface area contributed by atoms with Crippen LogP contribution >= 0.6 is 0 Å². The first kappa shape index (κ1) is 10.5. The molecule has 86 valence electrons. The predicted octanol–water partition coefficient (Wildman–Crippen LogP) is 1.88. The van der Waals surface area contributed by atoms with Gasteiger partial charge in [0.25, 0.3) is 0 Å². The summed E-state index contributed by atoms with van der Waals surface area (Å²) in [7, 11) is 0. The minimum Gasteiger partial charge on any atom is -0.316 e. The van der Waals surface area contributed by atoms with Crippen LogP contribution in [0, 0.1) is 30.1 Å². The number of aryl methyl sites for hydroxylation is 1. The van der Waals surface area contributed by atoms with E-state index < -0.39 is 0 Å². The third kappa shape index (κ3) is 1.65. The van der Waals surface area contributed by atoms with E-state index >= 15 is 0 Å². The molecule has 1 fully saturated rings. The third-order valence-electron chi connectivity index (χ3n) is 3.92. The molecular weight excluding hydrogens is 210 g/mol. The van der Waals surface area contributed by atoms with Crippen molar-refractivity contribution in [3.63, 3.8) is 0 Å². The van der Waals surface area contributed by atoms with Crippen LogP contribution in [-0.2, 0) is 0 Å².